The third kappa shape index (κ3) is 4.63. The van der Waals surface area contributed by atoms with Crippen LogP contribution in [0, 0.1) is 5.92 Å². The van der Waals surface area contributed by atoms with Crippen LogP contribution in [0.5, 0.6) is 0 Å². The molecule has 1 aromatic heterocycles. The van der Waals surface area contributed by atoms with Gasteiger partial charge in [0.05, 0.1) is 11.1 Å². The van der Waals surface area contributed by atoms with Crippen LogP contribution < -0.4 is 5.32 Å². The first-order valence-corrected chi connectivity index (χ1v) is 12.8. The molecule has 2 aliphatic heterocycles. The van der Waals surface area contributed by atoms with E-state index in [4.69, 9.17) is 4.98 Å². The highest BCUT2D eigenvalue weighted by atomic mass is 16.2. The number of fused-ring (bicyclic) bond motifs is 2. The Morgan fingerprint density at radius 2 is 1.94 bits per heavy atom. The molecule has 1 N–H and O–H groups in total. The van der Waals surface area contributed by atoms with Gasteiger partial charge < -0.3 is 15.1 Å². The van der Waals surface area contributed by atoms with Crippen molar-refractivity contribution in [2.24, 2.45) is 5.92 Å². The number of para-hydroxylation sites is 1. The molecule has 3 aliphatic rings. The summed E-state index contributed by atoms with van der Waals surface area (Å²) in [5, 5.41) is 4.00. The zero-order valence-corrected chi connectivity index (χ0v) is 19.8. The number of likely N-dealkylation sites (tertiary alicyclic amines) is 1. The van der Waals surface area contributed by atoms with Crippen LogP contribution in [-0.4, -0.2) is 58.8 Å². The van der Waals surface area contributed by atoms with E-state index in [1.165, 1.54) is 38.6 Å². The standard InChI is InChI=1S/C27H36N4O2/c1-19-9-7-15-30(17-19)16-8-14-28-26(32)24-21-12-5-6-13-23(21)29-25-22(24)18-31(27(25)33)20-10-3-2-4-11-20/h5-6,12-13,19-20H,2-4,7-11,14-18H2,1H3,(H,28,32). The lowest BCUT2D eigenvalue weighted by Gasteiger charge is -2.30. The Morgan fingerprint density at radius 1 is 1.12 bits per heavy atom. The molecular weight excluding hydrogens is 412 g/mol. The summed E-state index contributed by atoms with van der Waals surface area (Å²) in [6.45, 7) is 6.82. The van der Waals surface area contributed by atoms with Crippen molar-refractivity contribution >= 4 is 22.7 Å². The monoisotopic (exact) mass is 448 g/mol. The number of hydrogen-bond donors (Lipinski definition) is 1. The highest BCUT2D eigenvalue weighted by molar-refractivity contribution is 6.11. The first-order chi connectivity index (χ1) is 16.1. The quantitative estimate of drug-likeness (QED) is 0.666. The number of aromatic nitrogens is 1. The van der Waals surface area contributed by atoms with E-state index in [9.17, 15) is 9.59 Å². The second-order valence-electron chi connectivity index (χ2n) is 10.2. The Bertz CT molecular complexity index is 1030. The highest BCUT2D eigenvalue weighted by Gasteiger charge is 2.37. The van der Waals surface area contributed by atoms with E-state index in [1.807, 2.05) is 29.2 Å². The lowest BCUT2D eigenvalue weighted by Crippen LogP contribution is -2.37. The average Bonchev–Trinajstić information content (AvgIpc) is 3.16. The number of rotatable bonds is 6. The lowest BCUT2D eigenvalue weighted by molar-refractivity contribution is 0.0655. The molecule has 0 radical (unpaired) electrons. The van der Waals surface area contributed by atoms with Crippen LogP contribution in [0.25, 0.3) is 10.9 Å². The van der Waals surface area contributed by atoms with E-state index >= 15 is 0 Å². The summed E-state index contributed by atoms with van der Waals surface area (Å²) in [6.07, 6.45) is 9.23. The third-order valence-corrected chi connectivity index (χ3v) is 7.71. The average molecular weight is 449 g/mol. The minimum Gasteiger partial charge on any atom is -0.352 e. The molecule has 0 bridgehead atoms. The van der Waals surface area contributed by atoms with Crippen LogP contribution in [0.1, 0.15) is 84.7 Å². The number of carbonyl (C=O) groups is 2. The largest absolute Gasteiger partial charge is 0.352 e. The SMILES string of the molecule is CC1CCCN(CCCNC(=O)c2c3c(nc4ccccc24)C(=O)N(C2CCCCC2)C3)C1. The zero-order chi connectivity index (χ0) is 22.8. The number of carbonyl (C=O) groups excluding carboxylic acids is 2. The number of amides is 2. The molecule has 3 heterocycles. The van der Waals surface area contributed by atoms with Crippen LogP contribution in [0.4, 0.5) is 0 Å². The fourth-order valence-electron chi connectivity index (χ4n) is 5.99. The lowest BCUT2D eigenvalue weighted by atomic mass is 9.94. The van der Waals surface area contributed by atoms with E-state index in [0.29, 0.717) is 24.3 Å². The Hall–Kier alpha value is -2.47. The Labute approximate surface area is 196 Å². The van der Waals surface area contributed by atoms with Gasteiger partial charge in [-0.1, -0.05) is 44.4 Å². The molecule has 1 saturated heterocycles. The van der Waals surface area contributed by atoms with Crippen molar-refractivity contribution in [2.45, 2.75) is 70.9 Å². The summed E-state index contributed by atoms with van der Waals surface area (Å²) in [4.78, 5) is 35.9. The molecule has 2 fully saturated rings. The van der Waals surface area contributed by atoms with Crippen molar-refractivity contribution in [3.63, 3.8) is 0 Å². The van der Waals surface area contributed by atoms with Gasteiger partial charge in [-0.05, 0) is 57.2 Å². The second kappa shape index (κ2) is 9.80. The Kier molecular flexibility index (Phi) is 6.63. The summed E-state index contributed by atoms with van der Waals surface area (Å²) >= 11 is 0. The van der Waals surface area contributed by atoms with Gasteiger partial charge in [-0.25, -0.2) is 4.98 Å². The molecule has 2 amide bonds. The van der Waals surface area contributed by atoms with Crippen molar-refractivity contribution < 1.29 is 9.59 Å². The molecule has 1 aliphatic carbocycles. The maximum absolute atomic E-state index is 13.4. The summed E-state index contributed by atoms with van der Waals surface area (Å²) in [5.74, 6) is 0.690. The van der Waals surface area contributed by atoms with Crippen molar-refractivity contribution in [3.05, 3.63) is 41.1 Å². The maximum atomic E-state index is 13.4. The van der Waals surface area contributed by atoms with Crippen molar-refractivity contribution in [1.82, 2.24) is 20.1 Å². The van der Waals surface area contributed by atoms with Gasteiger partial charge in [0.25, 0.3) is 11.8 Å². The zero-order valence-electron chi connectivity index (χ0n) is 19.8. The smallest absolute Gasteiger partial charge is 0.273 e. The van der Waals surface area contributed by atoms with E-state index in [0.717, 1.165) is 54.7 Å². The number of benzene rings is 1. The van der Waals surface area contributed by atoms with E-state index < -0.39 is 0 Å². The minimum atomic E-state index is -0.0739. The number of nitrogens with zero attached hydrogens (tertiary/aromatic N) is 3. The van der Waals surface area contributed by atoms with Crippen LogP contribution in [0.15, 0.2) is 24.3 Å². The molecule has 33 heavy (non-hydrogen) atoms. The molecule has 1 saturated carbocycles. The number of nitrogens with one attached hydrogen (secondary N) is 1. The molecular formula is C27H36N4O2. The van der Waals surface area contributed by atoms with Gasteiger partial charge in [0.1, 0.15) is 5.69 Å². The predicted molar refractivity (Wildman–Crippen MR) is 130 cm³/mol. The van der Waals surface area contributed by atoms with Crippen LogP contribution in [0.3, 0.4) is 0 Å². The molecule has 176 valence electrons. The van der Waals surface area contributed by atoms with Gasteiger partial charge in [-0.2, -0.15) is 0 Å². The Balaban J connectivity index is 1.33. The van der Waals surface area contributed by atoms with Crippen LogP contribution in [0.2, 0.25) is 0 Å². The van der Waals surface area contributed by atoms with E-state index in [-0.39, 0.29) is 17.9 Å². The van der Waals surface area contributed by atoms with Crippen molar-refractivity contribution in [1.29, 1.82) is 0 Å². The fraction of sp³-hybridized carbons (Fsp3) is 0.593. The second-order valence-corrected chi connectivity index (χ2v) is 10.2. The van der Waals surface area contributed by atoms with Gasteiger partial charge in [0.15, 0.2) is 0 Å². The number of pyridine rings is 1. The van der Waals surface area contributed by atoms with Gasteiger partial charge in [0.2, 0.25) is 0 Å². The number of hydrogen-bond acceptors (Lipinski definition) is 4. The van der Waals surface area contributed by atoms with Gasteiger partial charge in [-0.3, -0.25) is 9.59 Å². The molecule has 1 unspecified atom stereocenters. The topological polar surface area (TPSA) is 65.5 Å². The first kappa shape index (κ1) is 22.3. The summed E-state index contributed by atoms with van der Waals surface area (Å²) in [5.41, 5.74) is 2.66. The molecule has 6 nitrogen and oxygen atoms in total. The van der Waals surface area contributed by atoms with E-state index in [2.05, 4.69) is 17.1 Å². The molecule has 6 heteroatoms. The molecule has 0 spiro atoms. The van der Waals surface area contributed by atoms with Crippen LogP contribution in [-0.2, 0) is 6.54 Å². The normalized spacial score (nSPS) is 22.0. The van der Waals surface area contributed by atoms with Crippen LogP contribution >= 0.6 is 0 Å². The number of piperidine rings is 1. The predicted octanol–water partition coefficient (Wildman–Crippen LogP) is 4.38. The molecule has 2 aromatic rings. The third-order valence-electron chi connectivity index (χ3n) is 7.71. The first-order valence-electron chi connectivity index (χ1n) is 12.8. The van der Waals surface area contributed by atoms with Gasteiger partial charge in [-0.15, -0.1) is 0 Å². The summed E-state index contributed by atoms with van der Waals surface area (Å²) in [7, 11) is 0. The Morgan fingerprint density at radius 3 is 2.76 bits per heavy atom. The maximum Gasteiger partial charge on any atom is 0.273 e. The highest BCUT2D eigenvalue weighted by Crippen LogP contribution is 2.34. The summed E-state index contributed by atoms with van der Waals surface area (Å²) in [6, 6.07) is 7.99. The van der Waals surface area contributed by atoms with Gasteiger partial charge >= 0.3 is 0 Å². The molecule has 1 atom stereocenters. The van der Waals surface area contributed by atoms with Crippen molar-refractivity contribution in [3.8, 4) is 0 Å². The minimum absolute atomic E-state index is 0.00378. The summed E-state index contributed by atoms with van der Waals surface area (Å²) < 4.78 is 0. The fourth-order valence-corrected chi connectivity index (χ4v) is 5.99. The van der Waals surface area contributed by atoms with Crippen molar-refractivity contribution in [2.75, 3.05) is 26.2 Å². The molecule has 5 rings (SSSR count). The van der Waals surface area contributed by atoms with E-state index in [1.54, 1.807) is 0 Å². The molecule has 1 aromatic carbocycles. The van der Waals surface area contributed by atoms with Gasteiger partial charge in [0, 0.05) is 36.6 Å².